The van der Waals surface area contributed by atoms with Gasteiger partial charge in [-0.3, -0.25) is 4.68 Å². The molecule has 0 fully saturated rings. The summed E-state index contributed by atoms with van der Waals surface area (Å²) >= 11 is 0. The average molecular weight is 353 g/mol. The molecule has 0 N–H and O–H groups in total. The second-order valence-electron chi connectivity index (χ2n) is 6.70. The Morgan fingerprint density at radius 2 is 2.04 bits per heavy atom. The van der Waals surface area contributed by atoms with Crippen LogP contribution in [0.4, 0.5) is 0 Å². The molecule has 26 heavy (non-hydrogen) atoms. The largest absolute Gasteiger partial charge is 0.497 e. The van der Waals surface area contributed by atoms with Crippen molar-refractivity contribution < 1.29 is 9.47 Å². The molecule has 2 atom stereocenters. The Balaban J connectivity index is 1.37. The van der Waals surface area contributed by atoms with E-state index >= 15 is 0 Å². The molecule has 3 rings (SSSR count). The lowest BCUT2D eigenvalue weighted by Crippen LogP contribution is -2.15. The number of benzene rings is 1. The Morgan fingerprint density at radius 1 is 1.19 bits per heavy atom. The molecule has 138 valence electrons. The lowest BCUT2D eigenvalue weighted by atomic mass is 9.87. The minimum Gasteiger partial charge on any atom is -0.497 e. The van der Waals surface area contributed by atoms with Gasteiger partial charge in [0, 0.05) is 6.54 Å². The number of nitrogens with zero attached hydrogens (tertiary/aromatic N) is 3. The summed E-state index contributed by atoms with van der Waals surface area (Å²) in [6.45, 7) is 3.88. The molecule has 1 aliphatic carbocycles. The van der Waals surface area contributed by atoms with Gasteiger partial charge in [-0.25, -0.2) is 4.98 Å². The Kier molecular flexibility index (Phi) is 6.47. The van der Waals surface area contributed by atoms with Crippen LogP contribution in [0.3, 0.4) is 0 Å². The fourth-order valence-corrected chi connectivity index (χ4v) is 3.18. The summed E-state index contributed by atoms with van der Waals surface area (Å²) in [5.74, 6) is 2.88. The molecular formula is C21H27N3O2. The van der Waals surface area contributed by atoms with E-state index in [2.05, 4.69) is 47.4 Å². The molecule has 0 saturated heterocycles. The van der Waals surface area contributed by atoms with Gasteiger partial charge in [-0.2, -0.15) is 5.10 Å². The smallest absolute Gasteiger partial charge is 0.137 e. The summed E-state index contributed by atoms with van der Waals surface area (Å²) in [4.78, 5) is 3.98. The molecule has 1 aromatic carbocycles. The van der Waals surface area contributed by atoms with Crippen LogP contribution in [0, 0.1) is 11.8 Å². The number of methoxy groups -OCH3 is 1. The molecule has 0 radical (unpaired) electrons. The fraction of sp³-hybridized carbons (Fsp3) is 0.429. The topological polar surface area (TPSA) is 49.2 Å². The van der Waals surface area contributed by atoms with E-state index in [1.54, 1.807) is 19.8 Å². The van der Waals surface area contributed by atoms with Crippen molar-refractivity contribution in [1.82, 2.24) is 14.8 Å². The number of hydrogen-bond donors (Lipinski definition) is 0. The molecule has 1 heterocycles. The standard InChI is InChI=1S/C21H27N3O2/c1-17-14-21(10-7-19(17)11-12-24-16-22-15-23-24)26-13-3-4-18-5-8-20(25-2)9-6-18/h5-10,14-17,19H,3-4,11-13H2,1-2H3. The molecular weight excluding hydrogens is 326 g/mol. The van der Waals surface area contributed by atoms with Gasteiger partial charge in [0.15, 0.2) is 0 Å². The van der Waals surface area contributed by atoms with E-state index < -0.39 is 0 Å². The molecule has 0 bridgehead atoms. The average Bonchev–Trinajstić information content (AvgIpc) is 3.18. The zero-order valence-electron chi connectivity index (χ0n) is 15.5. The maximum Gasteiger partial charge on any atom is 0.137 e. The highest BCUT2D eigenvalue weighted by Gasteiger charge is 2.17. The molecule has 0 spiro atoms. The summed E-state index contributed by atoms with van der Waals surface area (Å²) in [6, 6.07) is 8.23. The van der Waals surface area contributed by atoms with Crippen molar-refractivity contribution in [2.45, 2.75) is 32.7 Å². The summed E-state index contributed by atoms with van der Waals surface area (Å²) < 4.78 is 13.0. The number of aromatic nitrogens is 3. The highest BCUT2D eigenvalue weighted by atomic mass is 16.5. The number of allylic oxidation sites excluding steroid dienone is 3. The summed E-state index contributed by atoms with van der Waals surface area (Å²) in [6.07, 6.45) is 13.0. The molecule has 2 aromatic rings. The van der Waals surface area contributed by atoms with Gasteiger partial charge in [0.2, 0.25) is 0 Å². The van der Waals surface area contributed by atoms with Crippen molar-refractivity contribution in [3.8, 4) is 5.75 Å². The van der Waals surface area contributed by atoms with Crippen molar-refractivity contribution >= 4 is 0 Å². The van der Waals surface area contributed by atoms with Crippen molar-refractivity contribution in [2.75, 3.05) is 13.7 Å². The zero-order chi connectivity index (χ0) is 18.2. The molecule has 5 heteroatoms. The third-order valence-electron chi connectivity index (χ3n) is 4.81. The molecule has 5 nitrogen and oxygen atoms in total. The van der Waals surface area contributed by atoms with Crippen molar-refractivity contribution in [3.63, 3.8) is 0 Å². The summed E-state index contributed by atoms with van der Waals surface area (Å²) in [5.41, 5.74) is 1.31. The van der Waals surface area contributed by atoms with Gasteiger partial charge in [-0.05, 0) is 60.9 Å². The fourth-order valence-electron chi connectivity index (χ4n) is 3.18. The first-order chi connectivity index (χ1) is 12.7. The van der Waals surface area contributed by atoms with Gasteiger partial charge in [0.05, 0.1) is 13.7 Å². The highest BCUT2D eigenvalue weighted by molar-refractivity contribution is 5.27. The van der Waals surface area contributed by atoms with Crippen LogP contribution in [0.2, 0.25) is 0 Å². The van der Waals surface area contributed by atoms with Crippen LogP contribution in [0.15, 0.2) is 60.9 Å². The number of hydrogen-bond acceptors (Lipinski definition) is 4. The van der Waals surface area contributed by atoms with Crippen LogP contribution in [0.1, 0.15) is 25.3 Å². The van der Waals surface area contributed by atoms with Crippen LogP contribution < -0.4 is 4.74 Å². The van der Waals surface area contributed by atoms with Gasteiger partial charge in [-0.15, -0.1) is 0 Å². The monoisotopic (exact) mass is 353 g/mol. The van der Waals surface area contributed by atoms with Gasteiger partial charge in [0.1, 0.15) is 24.2 Å². The van der Waals surface area contributed by atoms with Crippen LogP contribution in [0.25, 0.3) is 0 Å². The first-order valence-electron chi connectivity index (χ1n) is 9.23. The van der Waals surface area contributed by atoms with Gasteiger partial charge in [-0.1, -0.05) is 25.1 Å². The van der Waals surface area contributed by atoms with Crippen molar-refractivity contribution in [3.05, 3.63) is 66.5 Å². The van der Waals surface area contributed by atoms with Crippen LogP contribution in [-0.4, -0.2) is 28.5 Å². The van der Waals surface area contributed by atoms with Crippen LogP contribution in [-0.2, 0) is 17.7 Å². The Hall–Kier alpha value is -2.56. The second-order valence-corrected chi connectivity index (χ2v) is 6.70. The van der Waals surface area contributed by atoms with E-state index in [-0.39, 0.29) is 0 Å². The molecule has 1 aromatic heterocycles. The van der Waals surface area contributed by atoms with E-state index in [1.807, 2.05) is 16.8 Å². The Labute approximate surface area is 155 Å². The van der Waals surface area contributed by atoms with Crippen LogP contribution >= 0.6 is 0 Å². The van der Waals surface area contributed by atoms with E-state index in [0.717, 1.165) is 43.9 Å². The van der Waals surface area contributed by atoms with Gasteiger partial charge < -0.3 is 9.47 Å². The molecule has 1 aliphatic rings. The second kappa shape index (κ2) is 9.22. The lowest BCUT2D eigenvalue weighted by molar-refractivity contribution is 0.213. The third kappa shape index (κ3) is 5.22. The van der Waals surface area contributed by atoms with E-state index in [4.69, 9.17) is 9.47 Å². The third-order valence-corrected chi connectivity index (χ3v) is 4.81. The maximum absolute atomic E-state index is 5.94. The maximum atomic E-state index is 5.94. The van der Waals surface area contributed by atoms with E-state index in [0.29, 0.717) is 11.8 Å². The van der Waals surface area contributed by atoms with Crippen molar-refractivity contribution in [2.24, 2.45) is 11.8 Å². The predicted molar refractivity (Wildman–Crippen MR) is 102 cm³/mol. The van der Waals surface area contributed by atoms with Gasteiger partial charge >= 0.3 is 0 Å². The summed E-state index contributed by atoms with van der Waals surface area (Å²) in [7, 11) is 1.69. The highest BCUT2D eigenvalue weighted by Crippen LogP contribution is 2.26. The molecule has 0 amide bonds. The normalized spacial score (nSPS) is 19.2. The van der Waals surface area contributed by atoms with E-state index in [1.165, 1.54) is 5.56 Å². The lowest BCUT2D eigenvalue weighted by Gasteiger charge is -2.23. The minimum absolute atomic E-state index is 0.472. The SMILES string of the molecule is COc1ccc(CCCOC2=CC(C)C(CCn3cncn3)C=C2)cc1. The number of rotatable bonds is 9. The first-order valence-corrected chi connectivity index (χ1v) is 9.23. The molecule has 0 saturated carbocycles. The van der Waals surface area contributed by atoms with Crippen molar-refractivity contribution in [1.29, 1.82) is 0 Å². The van der Waals surface area contributed by atoms with E-state index in [9.17, 15) is 0 Å². The van der Waals surface area contributed by atoms with Crippen LogP contribution in [0.5, 0.6) is 5.75 Å². The quantitative estimate of drug-likeness (QED) is 0.639. The Bertz CT molecular complexity index is 720. The number of aryl methyl sites for hydroxylation is 2. The van der Waals surface area contributed by atoms with Gasteiger partial charge in [0.25, 0.3) is 0 Å². The number of ether oxygens (including phenoxy) is 2. The first kappa shape index (κ1) is 18.2. The Morgan fingerprint density at radius 3 is 2.73 bits per heavy atom. The minimum atomic E-state index is 0.472. The summed E-state index contributed by atoms with van der Waals surface area (Å²) in [5, 5.41) is 4.16. The predicted octanol–water partition coefficient (Wildman–Crippen LogP) is 4.03. The zero-order valence-corrected chi connectivity index (χ0v) is 15.5. The molecule has 0 aliphatic heterocycles. The molecule has 2 unspecified atom stereocenters.